The van der Waals surface area contributed by atoms with Crippen molar-refractivity contribution in [1.82, 2.24) is 10.3 Å². The van der Waals surface area contributed by atoms with Gasteiger partial charge in [0.1, 0.15) is 5.82 Å². The van der Waals surface area contributed by atoms with E-state index in [4.69, 9.17) is 5.73 Å². The molecule has 4 rings (SSSR count). The summed E-state index contributed by atoms with van der Waals surface area (Å²) in [6.45, 7) is 18.0. The lowest BCUT2D eigenvalue weighted by Crippen LogP contribution is -2.40. The summed E-state index contributed by atoms with van der Waals surface area (Å²) in [7, 11) is 1.50. The van der Waals surface area contributed by atoms with Crippen molar-refractivity contribution in [2.75, 3.05) is 42.6 Å². The van der Waals surface area contributed by atoms with Gasteiger partial charge < -0.3 is 27.0 Å². The standard InChI is InChI=1S/C27H31N5O2.C4H8.C3H6.C2H6.CH5N/c1-27(11-14-29-19-33)12-15-32(16-13-27)25-10-8-22(18-30-25)26(34)31-24-17-21(7-9-23(24)28)20-5-3-2-4-6-20;1-3-4-2;1-3-2;2*1-2/h2-10,17-19H,11-16,28H2,1H3,(H,29,33)(H,31,34);3-4H,1-2H3;3H,1H2,2H3;1-2H3;2H2,1H3/b;4-3+;;;. The highest BCUT2D eigenvalue weighted by Crippen LogP contribution is 2.35. The van der Waals surface area contributed by atoms with Crippen molar-refractivity contribution in [1.29, 1.82) is 0 Å². The molecule has 0 unspecified atom stereocenters. The van der Waals surface area contributed by atoms with E-state index in [0.717, 1.165) is 55.7 Å². The Hall–Kier alpha value is -4.43. The number of piperidine rings is 1. The SMILES string of the molecule is C/C=C/C.C=CC.CC.CC1(CCNC=O)CCN(c2ccc(C(=O)Nc3cc(-c4ccccc4)ccc3N)cn2)CC1.CN. The number of nitrogen functional groups attached to an aromatic ring is 1. The number of amides is 2. The first-order valence-corrected chi connectivity index (χ1v) is 15.7. The van der Waals surface area contributed by atoms with Crippen LogP contribution in [0.4, 0.5) is 17.2 Å². The first-order valence-electron chi connectivity index (χ1n) is 15.7. The van der Waals surface area contributed by atoms with Gasteiger partial charge in [0, 0.05) is 25.8 Å². The van der Waals surface area contributed by atoms with Gasteiger partial charge in [0.05, 0.1) is 16.9 Å². The Labute approximate surface area is 272 Å². The van der Waals surface area contributed by atoms with Crippen LogP contribution in [0, 0.1) is 5.41 Å². The lowest BCUT2D eigenvalue weighted by molar-refractivity contribution is -0.109. The van der Waals surface area contributed by atoms with E-state index in [9.17, 15) is 9.59 Å². The minimum atomic E-state index is -0.246. The lowest BCUT2D eigenvalue weighted by atomic mass is 9.77. The monoisotopic (exact) mass is 616 g/mol. The van der Waals surface area contributed by atoms with Gasteiger partial charge in [-0.05, 0) is 87.9 Å². The molecule has 2 amide bonds. The van der Waals surface area contributed by atoms with Gasteiger partial charge in [-0.3, -0.25) is 9.59 Å². The van der Waals surface area contributed by atoms with Crippen molar-refractivity contribution in [2.45, 2.75) is 60.8 Å². The van der Waals surface area contributed by atoms with Crippen LogP contribution >= 0.6 is 0 Å². The third-order valence-electron chi connectivity index (χ3n) is 7.00. The van der Waals surface area contributed by atoms with Crippen LogP contribution in [-0.4, -0.2) is 44.0 Å². The van der Waals surface area contributed by atoms with Crippen LogP contribution in [0.15, 0.2) is 91.7 Å². The molecule has 2 heterocycles. The number of hydrogen-bond acceptors (Lipinski definition) is 6. The van der Waals surface area contributed by atoms with E-state index < -0.39 is 0 Å². The second kappa shape index (κ2) is 24.0. The van der Waals surface area contributed by atoms with E-state index in [-0.39, 0.29) is 11.3 Å². The summed E-state index contributed by atoms with van der Waals surface area (Å²) < 4.78 is 0. The Kier molecular flexibility index (Phi) is 21.6. The number of pyridine rings is 1. The van der Waals surface area contributed by atoms with Crippen molar-refractivity contribution >= 4 is 29.5 Å². The molecule has 0 spiro atoms. The van der Waals surface area contributed by atoms with E-state index in [0.29, 0.717) is 23.5 Å². The lowest BCUT2D eigenvalue weighted by Gasteiger charge is -2.40. The van der Waals surface area contributed by atoms with Crippen molar-refractivity contribution < 1.29 is 9.59 Å². The maximum absolute atomic E-state index is 12.9. The van der Waals surface area contributed by atoms with E-state index in [1.54, 1.807) is 24.4 Å². The average molecular weight is 617 g/mol. The molecule has 2 aromatic carbocycles. The van der Waals surface area contributed by atoms with Gasteiger partial charge in [-0.2, -0.15) is 0 Å². The quantitative estimate of drug-likeness (QED) is 0.0889. The number of hydrogen-bond donors (Lipinski definition) is 4. The molecule has 1 aromatic heterocycles. The molecule has 8 heteroatoms. The Morgan fingerprint density at radius 2 is 1.58 bits per heavy atom. The van der Waals surface area contributed by atoms with Crippen LogP contribution in [0.5, 0.6) is 0 Å². The number of nitrogens with zero attached hydrogens (tertiary/aromatic N) is 2. The third kappa shape index (κ3) is 14.7. The number of nitrogens with one attached hydrogen (secondary N) is 2. The number of carbonyl (C=O) groups is 2. The molecule has 1 saturated heterocycles. The zero-order chi connectivity index (χ0) is 34.1. The predicted molar refractivity (Wildman–Crippen MR) is 195 cm³/mol. The van der Waals surface area contributed by atoms with E-state index in [2.05, 4.69) is 39.8 Å². The van der Waals surface area contributed by atoms with Gasteiger partial charge in [0.25, 0.3) is 5.91 Å². The minimum absolute atomic E-state index is 0.223. The summed E-state index contributed by atoms with van der Waals surface area (Å²) in [5.74, 6) is 0.625. The summed E-state index contributed by atoms with van der Waals surface area (Å²) in [6.07, 6.45) is 11.2. The number of carbonyl (C=O) groups excluding carboxylic acids is 2. The third-order valence-corrected chi connectivity index (χ3v) is 7.00. The first kappa shape index (κ1) is 40.6. The van der Waals surface area contributed by atoms with Gasteiger partial charge in [0.15, 0.2) is 0 Å². The molecule has 246 valence electrons. The number of allylic oxidation sites excluding steroid dienone is 3. The summed E-state index contributed by atoms with van der Waals surface area (Å²) >= 11 is 0. The number of benzene rings is 2. The van der Waals surface area contributed by atoms with Gasteiger partial charge in [-0.25, -0.2) is 4.98 Å². The maximum atomic E-state index is 12.9. The minimum Gasteiger partial charge on any atom is -0.397 e. The predicted octanol–water partition coefficient (Wildman–Crippen LogP) is 7.70. The molecular formula is C37H56N6O2. The molecule has 3 aromatic rings. The van der Waals surface area contributed by atoms with Gasteiger partial charge >= 0.3 is 0 Å². The average Bonchev–Trinajstić information content (AvgIpc) is 3.09. The number of aromatic nitrogens is 1. The zero-order valence-electron chi connectivity index (χ0n) is 28.5. The van der Waals surface area contributed by atoms with Gasteiger partial charge in [-0.15, -0.1) is 6.58 Å². The fourth-order valence-corrected chi connectivity index (χ4v) is 4.34. The Bertz CT molecular complexity index is 1250. The fraction of sp³-hybridized carbons (Fsp3) is 0.378. The first-order chi connectivity index (χ1) is 21.8. The van der Waals surface area contributed by atoms with Crippen LogP contribution in [0.1, 0.15) is 71.2 Å². The highest BCUT2D eigenvalue weighted by Gasteiger charge is 2.30. The molecular weight excluding hydrogens is 560 g/mol. The second-order valence-corrected chi connectivity index (χ2v) is 10.2. The molecule has 8 nitrogen and oxygen atoms in total. The molecule has 45 heavy (non-hydrogen) atoms. The van der Waals surface area contributed by atoms with E-state index in [1.165, 1.54) is 7.05 Å². The Morgan fingerprint density at radius 3 is 2.09 bits per heavy atom. The smallest absolute Gasteiger partial charge is 0.257 e. The van der Waals surface area contributed by atoms with E-state index in [1.807, 2.05) is 95.3 Å². The summed E-state index contributed by atoms with van der Waals surface area (Å²) in [6, 6.07) is 19.3. The van der Waals surface area contributed by atoms with Crippen LogP contribution in [0.2, 0.25) is 0 Å². The van der Waals surface area contributed by atoms with Crippen molar-refractivity contribution in [3.63, 3.8) is 0 Å². The number of nitrogens with two attached hydrogens (primary N) is 2. The molecule has 0 radical (unpaired) electrons. The normalized spacial score (nSPS) is 12.7. The molecule has 0 aliphatic carbocycles. The van der Waals surface area contributed by atoms with E-state index >= 15 is 0 Å². The Balaban J connectivity index is 0.00000155. The van der Waals surface area contributed by atoms with Crippen LogP contribution in [0.3, 0.4) is 0 Å². The molecule has 1 fully saturated rings. The molecule has 0 atom stereocenters. The summed E-state index contributed by atoms with van der Waals surface area (Å²) in [5, 5.41) is 5.68. The van der Waals surface area contributed by atoms with Gasteiger partial charge in [-0.1, -0.05) is 75.4 Å². The zero-order valence-corrected chi connectivity index (χ0v) is 28.5. The van der Waals surface area contributed by atoms with Crippen LogP contribution in [0.25, 0.3) is 11.1 Å². The molecule has 0 saturated carbocycles. The van der Waals surface area contributed by atoms with Crippen LogP contribution in [-0.2, 0) is 4.79 Å². The summed E-state index contributed by atoms with van der Waals surface area (Å²) in [4.78, 5) is 30.2. The molecule has 1 aliphatic rings. The van der Waals surface area contributed by atoms with Crippen molar-refractivity contribution in [3.8, 4) is 11.1 Å². The maximum Gasteiger partial charge on any atom is 0.257 e. The van der Waals surface area contributed by atoms with Gasteiger partial charge in [0.2, 0.25) is 6.41 Å². The highest BCUT2D eigenvalue weighted by atomic mass is 16.1. The van der Waals surface area contributed by atoms with Crippen molar-refractivity contribution in [3.05, 3.63) is 97.2 Å². The van der Waals surface area contributed by atoms with Crippen molar-refractivity contribution in [2.24, 2.45) is 11.1 Å². The molecule has 6 N–H and O–H groups in total. The van der Waals surface area contributed by atoms with Crippen LogP contribution < -0.4 is 27.0 Å². The Morgan fingerprint density at radius 1 is 0.978 bits per heavy atom. The number of rotatable bonds is 8. The fourth-order valence-electron chi connectivity index (χ4n) is 4.34. The number of anilines is 3. The largest absolute Gasteiger partial charge is 0.397 e. The molecule has 1 aliphatic heterocycles. The molecule has 0 bridgehead atoms. The highest BCUT2D eigenvalue weighted by molar-refractivity contribution is 6.06. The second-order valence-electron chi connectivity index (χ2n) is 10.2. The summed E-state index contributed by atoms with van der Waals surface area (Å²) in [5.41, 5.74) is 14.5. The topological polar surface area (TPSA) is 126 Å².